The first-order chi connectivity index (χ1) is 14.4. The zero-order chi connectivity index (χ0) is 23.0. The van der Waals surface area contributed by atoms with Crippen LogP contribution >= 0.6 is 11.6 Å². The van der Waals surface area contributed by atoms with Crippen molar-refractivity contribution in [2.75, 3.05) is 0 Å². The Morgan fingerprint density at radius 3 is 2.35 bits per heavy atom. The highest BCUT2D eigenvalue weighted by atomic mass is 35.5. The van der Waals surface area contributed by atoms with E-state index in [2.05, 4.69) is 4.98 Å². The summed E-state index contributed by atoms with van der Waals surface area (Å²) in [5, 5.41) is 5.75. The molecule has 6 nitrogen and oxygen atoms in total. The molecule has 0 bridgehead atoms. The van der Waals surface area contributed by atoms with Crippen molar-refractivity contribution in [2.45, 2.75) is 17.5 Å². The van der Waals surface area contributed by atoms with Gasteiger partial charge in [-0.05, 0) is 29.3 Å². The van der Waals surface area contributed by atoms with E-state index in [1.54, 1.807) is 12.1 Å². The van der Waals surface area contributed by atoms with Gasteiger partial charge in [-0.3, -0.25) is 9.78 Å². The highest BCUT2D eigenvalue weighted by Gasteiger charge is 2.32. The molecule has 0 saturated heterocycles. The number of benzene rings is 2. The lowest BCUT2D eigenvalue weighted by atomic mass is 9.93. The van der Waals surface area contributed by atoms with E-state index in [4.69, 9.17) is 22.5 Å². The van der Waals surface area contributed by atoms with Gasteiger partial charge in [-0.2, -0.15) is 13.2 Å². The van der Waals surface area contributed by atoms with Crippen LogP contribution in [-0.4, -0.2) is 19.3 Å². The Hall–Kier alpha value is -2.95. The van der Waals surface area contributed by atoms with Gasteiger partial charge < -0.3 is 5.73 Å². The van der Waals surface area contributed by atoms with E-state index in [1.807, 2.05) is 0 Å². The molecule has 0 unspecified atom stereocenters. The Balaban J connectivity index is 2.42. The highest BCUT2D eigenvalue weighted by Crippen LogP contribution is 2.40. The van der Waals surface area contributed by atoms with E-state index in [9.17, 15) is 26.4 Å². The molecule has 3 aromatic rings. The number of carbonyl (C=O) groups is 1. The van der Waals surface area contributed by atoms with Gasteiger partial charge >= 0.3 is 6.18 Å². The molecule has 3 rings (SSSR count). The summed E-state index contributed by atoms with van der Waals surface area (Å²) in [7, 11) is -4.48. The molecule has 4 N–H and O–H groups in total. The molecule has 2 aromatic carbocycles. The molecule has 0 aliphatic carbocycles. The number of hydrogen-bond donors (Lipinski definition) is 2. The average Bonchev–Trinajstić information content (AvgIpc) is 2.66. The normalized spacial score (nSPS) is 12.0. The van der Waals surface area contributed by atoms with Crippen molar-refractivity contribution < 1.29 is 26.4 Å². The summed E-state index contributed by atoms with van der Waals surface area (Å²) in [6.07, 6.45) is -3.30. The Bertz CT molecular complexity index is 1280. The number of amides is 1. The molecule has 0 fully saturated rings. The minimum atomic E-state index is -4.69. The zero-order valence-electron chi connectivity index (χ0n) is 15.7. The van der Waals surface area contributed by atoms with Gasteiger partial charge in [0.15, 0.2) is 0 Å². The number of halogens is 4. The second-order valence-corrected chi connectivity index (χ2v) is 8.57. The molecule has 0 aliphatic heterocycles. The standard InChI is InChI=1S/C20H15ClF3N3O3S/c21-15-3-1-2-11(7-15)18-12(8-17(25)28)4-5-16(19(18)31(26,29)30)13-6-14(10-27-9-13)20(22,23)24/h1-7,9-10H,8H2,(H2,25,28)(H2,26,29,30). The molecular formula is C20H15ClF3N3O3S. The summed E-state index contributed by atoms with van der Waals surface area (Å²) >= 11 is 6.04. The van der Waals surface area contributed by atoms with Crippen molar-refractivity contribution in [3.8, 4) is 22.3 Å². The zero-order valence-corrected chi connectivity index (χ0v) is 17.2. The summed E-state index contributed by atoms with van der Waals surface area (Å²) < 4.78 is 64.7. The number of primary sulfonamides is 1. The number of pyridine rings is 1. The van der Waals surface area contributed by atoms with Gasteiger partial charge in [0.25, 0.3) is 0 Å². The van der Waals surface area contributed by atoms with Crippen LogP contribution in [0.1, 0.15) is 11.1 Å². The molecule has 0 spiro atoms. The number of alkyl halides is 3. The molecule has 0 aliphatic rings. The van der Waals surface area contributed by atoms with Crippen LogP contribution < -0.4 is 10.9 Å². The van der Waals surface area contributed by atoms with Gasteiger partial charge in [0.1, 0.15) is 0 Å². The molecule has 0 radical (unpaired) electrons. The second kappa shape index (κ2) is 8.29. The van der Waals surface area contributed by atoms with Crippen molar-refractivity contribution in [3.05, 3.63) is 71.0 Å². The SMILES string of the molecule is NC(=O)Cc1ccc(-c2cncc(C(F)(F)F)c2)c(S(N)(=O)=O)c1-c1cccc(Cl)c1. The maximum atomic E-state index is 13.2. The smallest absolute Gasteiger partial charge is 0.369 e. The second-order valence-electron chi connectivity index (χ2n) is 6.63. The molecule has 11 heteroatoms. The molecule has 1 aromatic heterocycles. The van der Waals surface area contributed by atoms with Crippen LogP contribution in [0, 0.1) is 0 Å². The predicted molar refractivity (Wildman–Crippen MR) is 109 cm³/mol. The molecule has 0 atom stereocenters. The van der Waals surface area contributed by atoms with Crippen LogP contribution in [0.4, 0.5) is 13.2 Å². The third-order valence-corrected chi connectivity index (χ3v) is 5.61. The van der Waals surface area contributed by atoms with Gasteiger partial charge in [0.05, 0.1) is 16.9 Å². The van der Waals surface area contributed by atoms with Crippen LogP contribution in [0.2, 0.25) is 5.02 Å². The maximum absolute atomic E-state index is 13.2. The fourth-order valence-electron chi connectivity index (χ4n) is 3.18. The third-order valence-electron chi connectivity index (χ3n) is 4.38. The number of sulfonamides is 1. The van der Waals surface area contributed by atoms with Crippen molar-refractivity contribution in [2.24, 2.45) is 10.9 Å². The molecular weight excluding hydrogens is 455 g/mol. The lowest BCUT2D eigenvalue weighted by molar-refractivity contribution is -0.137. The summed E-state index contributed by atoms with van der Waals surface area (Å²) in [4.78, 5) is 14.7. The molecule has 0 saturated carbocycles. The van der Waals surface area contributed by atoms with Crippen molar-refractivity contribution >= 4 is 27.5 Å². The molecule has 31 heavy (non-hydrogen) atoms. The number of nitrogens with zero attached hydrogens (tertiary/aromatic N) is 1. The number of nitrogens with two attached hydrogens (primary N) is 2. The fourth-order valence-corrected chi connectivity index (χ4v) is 4.40. The first kappa shape index (κ1) is 22.7. The first-order valence-electron chi connectivity index (χ1n) is 8.63. The Kier molecular flexibility index (Phi) is 6.08. The molecule has 1 amide bonds. The first-order valence-corrected chi connectivity index (χ1v) is 10.6. The topological polar surface area (TPSA) is 116 Å². The Morgan fingerprint density at radius 1 is 1.06 bits per heavy atom. The van der Waals surface area contributed by atoms with Crippen molar-refractivity contribution in [1.82, 2.24) is 4.98 Å². The van der Waals surface area contributed by atoms with E-state index < -0.39 is 32.6 Å². The fraction of sp³-hybridized carbons (Fsp3) is 0.100. The number of rotatable bonds is 5. The van der Waals surface area contributed by atoms with Crippen LogP contribution in [-0.2, 0) is 27.4 Å². The number of primary amides is 1. The van der Waals surface area contributed by atoms with Crippen LogP contribution in [0.15, 0.2) is 59.8 Å². The summed E-state index contributed by atoms with van der Waals surface area (Å²) in [5.74, 6) is -0.739. The van der Waals surface area contributed by atoms with Crippen LogP contribution in [0.3, 0.4) is 0 Å². The number of carbonyl (C=O) groups excluding carboxylic acids is 1. The van der Waals surface area contributed by atoms with E-state index in [0.717, 1.165) is 12.3 Å². The minimum absolute atomic E-state index is 0.0266. The van der Waals surface area contributed by atoms with E-state index >= 15 is 0 Å². The third kappa shape index (κ3) is 5.04. The summed E-state index contributed by atoms with van der Waals surface area (Å²) in [6.45, 7) is 0. The van der Waals surface area contributed by atoms with Gasteiger partial charge in [-0.15, -0.1) is 0 Å². The summed E-state index contributed by atoms with van der Waals surface area (Å²) in [5.41, 5.74) is 4.56. The van der Waals surface area contributed by atoms with Crippen LogP contribution in [0.25, 0.3) is 22.3 Å². The largest absolute Gasteiger partial charge is 0.417 e. The van der Waals surface area contributed by atoms with Gasteiger partial charge in [0, 0.05) is 34.1 Å². The van der Waals surface area contributed by atoms with Crippen molar-refractivity contribution in [1.29, 1.82) is 0 Å². The monoisotopic (exact) mass is 469 g/mol. The Morgan fingerprint density at radius 2 is 1.77 bits per heavy atom. The lowest BCUT2D eigenvalue weighted by Crippen LogP contribution is -2.19. The summed E-state index contributed by atoms with van der Waals surface area (Å²) in [6, 6.07) is 9.53. The molecule has 1 heterocycles. The van der Waals surface area contributed by atoms with Gasteiger partial charge in [-0.25, -0.2) is 13.6 Å². The Labute approximate surface area is 180 Å². The van der Waals surface area contributed by atoms with Crippen molar-refractivity contribution in [3.63, 3.8) is 0 Å². The highest BCUT2D eigenvalue weighted by molar-refractivity contribution is 7.89. The lowest BCUT2D eigenvalue weighted by Gasteiger charge is -2.18. The van der Waals surface area contributed by atoms with Gasteiger partial charge in [-0.1, -0.05) is 35.9 Å². The predicted octanol–water partition coefficient (Wildman–Crippen LogP) is 3.76. The average molecular weight is 470 g/mol. The maximum Gasteiger partial charge on any atom is 0.417 e. The van der Waals surface area contributed by atoms with Crippen LogP contribution in [0.5, 0.6) is 0 Å². The van der Waals surface area contributed by atoms with E-state index in [1.165, 1.54) is 24.3 Å². The van der Waals surface area contributed by atoms with Gasteiger partial charge in [0.2, 0.25) is 15.9 Å². The van der Waals surface area contributed by atoms with E-state index in [0.29, 0.717) is 11.8 Å². The van der Waals surface area contributed by atoms with E-state index in [-0.39, 0.29) is 33.7 Å². The number of aromatic nitrogens is 1. The number of hydrogen-bond acceptors (Lipinski definition) is 4. The quantitative estimate of drug-likeness (QED) is 0.591. The molecule has 162 valence electrons. The minimum Gasteiger partial charge on any atom is -0.369 e.